The van der Waals surface area contributed by atoms with Crippen molar-refractivity contribution in [3.63, 3.8) is 0 Å². The molecule has 0 saturated carbocycles. The number of hydrogen-bond acceptors (Lipinski definition) is 3. The topological polar surface area (TPSA) is 18.5 Å². The maximum absolute atomic E-state index is 14.5. The largest absolute Gasteiger partial charge is 0.394 e. The van der Waals surface area contributed by atoms with E-state index < -0.39 is 49.4 Å². The van der Waals surface area contributed by atoms with Crippen LogP contribution in [0.4, 0.5) is 26.3 Å². The highest BCUT2D eigenvalue weighted by Crippen LogP contribution is 2.46. The van der Waals surface area contributed by atoms with Gasteiger partial charge in [0.1, 0.15) is 0 Å². The molecule has 3 unspecified atom stereocenters. The Labute approximate surface area is 229 Å². The Hall–Kier alpha value is -1.52. The molecule has 38 heavy (non-hydrogen) atoms. The molecule has 2 aliphatic rings. The van der Waals surface area contributed by atoms with Crippen molar-refractivity contribution < 1.29 is 26.3 Å². The molecule has 0 aromatic heterocycles. The van der Waals surface area contributed by atoms with Crippen LogP contribution in [0.5, 0.6) is 0 Å². The molecule has 0 aliphatic carbocycles. The molecular weight excluding hydrogens is 551 g/mol. The number of piperidine rings is 2. The van der Waals surface area contributed by atoms with Gasteiger partial charge in [0.15, 0.2) is 0 Å². The molecule has 2 aliphatic heterocycles. The van der Waals surface area contributed by atoms with Crippen molar-refractivity contribution in [3.05, 3.63) is 69.7 Å². The molecule has 0 radical (unpaired) electrons. The minimum absolute atomic E-state index is 0.135. The Balaban J connectivity index is 1.67. The normalized spacial score (nSPS) is 24.9. The van der Waals surface area contributed by atoms with Crippen molar-refractivity contribution in [2.75, 3.05) is 32.7 Å². The first-order chi connectivity index (χ1) is 17.9. The van der Waals surface area contributed by atoms with Gasteiger partial charge in [-0.05, 0) is 49.2 Å². The Morgan fingerprint density at radius 1 is 0.816 bits per heavy atom. The summed E-state index contributed by atoms with van der Waals surface area (Å²) in [6.45, 7) is -0.0214. The van der Waals surface area contributed by atoms with Gasteiger partial charge >= 0.3 is 12.4 Å². The van der Waals surface area contributed by atoms with Gasteiger partial charge in [-0.1, -0.05) is 66.0 Å². The molecule has 2 saturated heterocycles. The molecule has 2 heterocycles. The van der Waals surface area contributed by atoms with Crippen molar-refractivity contribution in [3.8, 4) is 0 Å². The zero-order valence-electron chi connectivity index (χ0n) is 20.7. The summed E-state index contributed by atoms with van der Waals surface area (Å²) in [4.78, 5) is 2.76. The van der Waals surface area contributed by atoms with E-state index in [1.165, 1.54) is 21.9 Å². The predicted octanol–water partition coefficient (Wildman–Crippen LogP) is 7.35. The first kappa shape index (κ1) is 29.5. The van der Waals surface area contributed by atoms with Crippen molar-refractivity contribution >= 4 is 23.2 Å². The number of nitrogens with zero attached hydrogens (tertiary/aromatic N) is 2. The standard InChI is InChI=1S/C27H31Cl2F6N3/c28-22-10-9-19(13-23(22)29)24(15-36-14-18-7-3-1-4-8-18)38-16-20(26(30,31)32)25(21(17-38)27(33,34)35)37-11-5-2-6-12-37/h1,3-4,7-10,13,20-21,24-25,36H,2,5-6,11-12,14-17H2. The highest BCUT2D eigenvalue weighted by atomic mass is 35.5. The van der Waals surface area contributed by atoms with E-state index in [1.54, 1.807) is 6.07 Å². The number of hydrogen-bond donors (Lipinski definition) is 1. The number of alkyl halides is 6. The lowest BCUT2D eigenvalue weighted by molar-refractivity contribution is -0.260. The van der Waals surface area contributed by atoms with E-state index >= 15 is 0 Å². The first-order valence-electron chi connectivity index (χ1n) is 12.8. The summed E-state index contributed by atoms with van der Waals surface area (Å²) in [5, 5.41) is 3.68. The van der Waals surface area contributed by atoms with Crippen molar-refractivity contribution in [2.45, 2.75) is 50.2 Å². The number of nitrogens with one attached hydrogen (secondary N) is 1. The maximum Gasteiger partial charge on any atom is 0.394 e. The van der Waals surface area contributed by atoms with Gasteiger partial charge in [-0.15, -0.1) is 0 Å². The third-order valence-corrected chi connectivity index (χ3v) is 8.36. The monoisotopic (exact) mass is 581 g/mol. The molecule has 0 spiro atoms. The summed E-state index contributed by atoms with van der Waals surface area (Å²) >= 11 is 12.3. The Morgan fingerprint density at radius 2 is 1.42 bits per heavy atom. The fraction of sp³-hybridized carbons (Fsp3) is 0.556. The minimum atomic E-state index is -4.79. The lowest BCUT2D eigenvalue weighted by Gasteiger charge is -2.51. The van der Waals surface area contributed by atoms with Gasteiger partial charge in [-0.25, -0.2) is 0 Å². The summed E-state index contributed by atoms with van der Waals surface area (Å²) in [6.07, 6.45) is -7.56. The number of likely N-dealkylation sites (tertiary alicyclic amines) is 2. The molecule has 0 amide bonds. The van der Waals surface area contributed by atoms with Crippen LogP contribution in [-0.4, -0.2) is 60.9 Å². The maximum atomic E-state index is 14.5. The second kappa shape index (κ2) is 12.3. The number of benzene rings is 2. The van der Waals surface area contributed by atoms with Crippen LogP contribution in [0.1, 0.15) is 36.4 Å². The molecule has 2 aromatic rings. The summed E-state index contributed by atoms with van der Waals surface area (Å²) in [6, 6.07) is 11.6. The van der Waals surface area contributed by atoms with Crippen LogP contribution in [0.15, 0.2) is 48.5 Å². The lowest BCUT2D eigenvalue weighted by atomic mass is 9.79. The third-order valence-electron chi connectivity index (χ3n) is 7.62. The molecular formula is C27H31Cl2F6N3. The van der Waals surface area contributed by atoms with E-state index in [9.17, 15) is 26.3 Å². The fourth-order valence-corrected chi connectivity index (χ4v) is 6.08. The summed E-state index contributed by atoms with van der Waals surface area (Å²) in [7, 11) is 0. The van der Waals surface area contributed by atoms with Gasteiger partial charge in [0, 0.05) is 38.3 Å². The van der Waals surface area contributed by atoms with Crippen LogP contribution in [-0.2, 0) is 6.54 Å². The van der Waals surface area contributed by atoms with Crippen molar-refractivity contribution in [2.24, 2.45) is 11.8 Å². The van der Waals surface area contributed by atoms with Crippen LogP contribution in [0, 0.1) is 11.8 Å². The molecule has 3 atom stereocenters. The zero-order valence-corrected chi connectivity index (χ0v) is 22.2. The van der Waals surface area contributed by atoms with Gasteiger partial charge < -0.3 is 5.32 Å². The van der Waals surface area contributed by atoms with E-state index in [2.05, 4.69) is 5.32 Å². The van der Waals surface area contributed by atoms with Gasteiger partial charge in [0.05, 0.1) is 21.9 Å². The summed E-state index contributed by atoms with van der Waals surface area (Å²) in [5.41, 5.74) is 1.46. The van der Waals surface area contributed by atoms with E-state index in [0.717, 1.165) is 12.0 Å². The van der Waals surface area contributed by atoms with E-state index in [-0.39, 0.29) is 29.7 Å². The second-order valence-corrected chi connectivity index (χ2v) is 11.0. The van der Waals surface area contributed by atoms with E-state index in [0.29, 0.717) is 24.9 Å². The highest BCUT2D eigenvalue weighted by Gasteiger charge is 2.60. The molecule has 3 nitrogen and oxygen atoms in total. The first-order valence-corrected chi connectivity index (χ1v) is 13.5. The molecule has 4 rings (SSSR count). The van der Waals surface area contributed by atoms with Crippen molar-refractivity contribution in [1.29, 1.82) is 0 Å². The number of rotatable bonds is 7. The average molecular weight is 582 g/mol. The Kier molecular flexibility index (Phi) is 9.56. The molecule has 1 N–H and O–H groups in total. The minimum Gasteiger partial charge on any atom is -0.311 e. The Morgan fingerprint density at radius 3 is 1.97 bits per heavy atom. The fourth-order valence-electron chi connectivity index (χ4n) is 5.78. The van der Waals surface area contributed by atoms with Crippen LogP contribution >= 0.6 is 23.2 Å². The van der Waals surface area contributed by atoms with Crippen LogP contribution in [0.2, 0.25) is 10.0 Å². The SMILES string of the molecule is FC(F)(F)C1CN(C(CNCc2ccccc2)c2ccc(Cl)c(Cl)c2)CC(C(F)(F)F)C1N1CCCCC1. The quantitative estimate of drug-likeness (QED) is 0.345. The van der Waals surface area contributed by atoms with Crippen LogP contribution in [0.25, 0.3) is 0 Å². The summed E-state index contributed by atoms with van der Waals surface area (Å²) in [5.74, 6) is -4.28. The van der Waals surface area contributed by atoms with Gasteiger partial charge in [-0.3, -0.25) is 9.80 Å². The second-order valence-electron chi connectivity index (χ2n) is 10.1. The third kappa shape index (κ3) is 7.16. The molecule has 2 fully saturated rings. The summed E-state index contributed by atoms with van der Waals surface area (Å²) < 4.78 is 86.8. The lowest BCUT2D eigenvalue weighted by Crippen LogP contribution is -2.64. The van der Waals surface area contributed by atoms with E-state index in [1.807, 2.05) is 30.3 Å². The zero-order chi connectivity index (χ0) is 27.5. The molecule has 0 bridgehead atoms. The van der Waals surface area contributed by atoms with E-state index in [4.69, 9.17) is 23.2 Å². The Bertz CT molecular complexity index is 1020. The van der Waals surface area contributed by atoms with Gasteiger partial charge in [0.25, 0.3) is 0 Å². The molecule has 2 aromatic carbocycles. The van der Waals surface area contributed by atoms with Crippen molar-refractivity contribution in [1.82, 2.24) is 15.1 Å². The smallest absolute Gasteiger partial charge is 0.311 e. The number of halogens is 8. The molecule has 11 heteroatoms. The van der Waals surface area contributed by atoms with Gasteiger partial charge in [0.2, 0.25) is 0 Å². The average Bonchev–Trinajstić information content (AvgIpc) is 2.88. The van der Waals surface area contributed by atoms with Crippen LogP contribution < -0.4 is 5.32 Å². The van der Waals surface area contributed by atoms with Gasteiger partial charge in [-0.2, -0.15) is 26.3 Å². The highest BCUT2D eigenvalue weighted by molar-refractivity contribution is 6.42. The predicted molar refractivity (Wildman–Crippen MR) is 137 cm³/mol. The molecule has 210 valence electrons. The van der Waals surface area contributed by atoms with Crippen LogP contribution in [0.3, 0.4) is 0 Å².